The Hall–Kier alpha value is -6.07. The Labute approximate surface area is 252 Å². The number of hydrogen-bond donors (Lipinski definition) is 0. The van der Waals surface area contributed by atoms with Crippen LogP contribution in [0, 0.1) is 0 Å². The van der Waals surface area contributed by atoms with Crippen LogP contribution in [0.15, 0.2) is 140 Å². The molecule has 5 heteroatoms. The van der Waals surface area contributed by atoms with Gasteiger partial charge in [-0.15, -0.1) is 0 Å². The van der Waals surface area contributed by atoms with Crippen LogP contribution in [-0.4, -0.2) is 24.9 Å². The van der Waals surface area contributed by atoms with E-state index < -0.39 is 0 Å². The number of rotatable bonds is 3. The minimum atomic E-state index is 0.796. The van der Waals surface area contributed by atoms with Crippen LogP contribution in [0.3, 0.4) is 0 Å². The molecule has 204 valence electrons. The molecule has 5 heterocycles. The van der Waals surface area contributed by atoms with Gasteiger partial charge in [0.05, 0.1) is 44.7 Å². The number of hydrogen-bond acceptors (Lipinski definition) is 5. The fourth-order valence-electron chi connectivity index (χ4n) is 6.18. The van der Waals surface area contributed by atoms with Gasteiger partial charge in [-0.05, 0) is 42.0 Å². The first-order valence-corrected chi connectivity index (χ1v) is 14.6. The summed E-state index contributed by atoms with van der Waals surface area (Å²) in [5.74, 6) is 0. The lowest BCUT2D eigenvalue weighted by Gasteiger charge is -2.13. The minimum absolute atomic E-state index is 0.796. The van der Waals surface area contributed by atoms with E-state index >= 15 is 0 Å². The topological polar surface area (TPSA) is 64.5 Å². The highest BCUT2D eigenvalue weighted by Gasteiger charge is 2.15. The second-order valence-electron chi connectivity index (χ2n) is 10.9. The fraction of sp³-hybridized carbons (Fsp3) is 0. The summed E-state index contributed by atoms with van der Waals surface area (Å²) in [6.07, 6.45) is 3.68. The van der Waals surface area contributed by atoms with Crippen molar-refractivity contribution in [3.8, 4) is 33.8 Å². The van der Waals surface area contributed by atoms with E-state index in [1.165, 1.54) is 5.56 Å². The van der Waals surface area contributed by atoms with Gasteiger partial charge in [0.1, 0.15) is 0 Å². The average molecular weight is 562 g/mol. The van der Waals surface area contributed by atoms with Gasteiger partial charge in [0, 0.05) is 50.5 Å². The molecule has 0 bridgehead atoms. The summed E-state index contributed by atoms with van der Waals surface area (Å²) in [6, 6.07) is 43.7. The molecule has 0 fully saturated rings. The number of pyridine rings is 5. The third-order valence-corrected chi connectivity index (χ3v) is 8.33. The van der Waals surface area contributed by atoms with Gasteiger partial charge in [0.2, 0.25) is 0 Å². The van der Waals surface area contributed by atoms with Crippen molar-refractivity contribution >= 4 is 54.5 Å². The molecule has 0 saturated carbocycles. The lowest BCUT2D eigenvalue weighted by molar-refractivity contribution is 1.26. The largest absolute Gasteiger partial charge is 0.254 e. The smallest absolute Gasteiger partial charge is 0.0978 e. The van der Waals surface area contributed by atoms with Gasteiger partial charge in [-0.1, -0.05) is 91.0 Å². The highest BCUT2D eigenvalue weighted by molar-refractivity contribution is 6.16. The van der Waals surface area contributed by atoms with Crippen molar-refractivity contribution < 1.29 is 0 Å². The summed E-state index contributed by atoms with van der Waals surface area (Å²) in [4.78, 5) is 24.7. The Morgan fingerprint density at radius 2 is 1.05 bits per heavy atom. The molecule has 0 N–H and O–H groups in total. The zero-order chi connectivity index (χ0) is 29.0. The molecular formula is C39H23N5. The highest BCUT2D eigenvalue weighted by Crippen LogP contribution is 2.37. The minimum Gasteiger partial charge on any atom is -0.254 e. The Bertz CT molecular complexity index is 2540. The predicted molar refractivity (Wildman–Crippen MR) is 179 cm³/mol. The van der Waals surface area contributed by atoms with E-state index in [2.05, 4.69) is 96.0 Å². The van der Waals surface area contributed by atoms with Crippen LogP contribution < -0.4 is 0 Å². The Kier molecular flexibility index (Phi) is 5.43. The van der Waals surface area contributed by atoms with Crippen LogP contribution in [0.25, 0.3) is 88.3 Å². The third-order valence-electron chi connectivity index (χ3n) is 8.33. The molecule has 4 aromatic carbocycles. The summed E-state index contributed by atoms with van der Waals surface area (Å²) in [5, 5.41) is 5.39. The summed E-state index contributed by atoms with van der Waals surface area (Å²) in [5.41, 5.74) is 10.2. The Morgan fingerprint density at radius 3 is 1.89 bits per heavy atom. The highest BCUT2D eigenvalue weighted by atomic mass is 14.8. The van der Waals surface area contributed by atoms with Crippen molar-refractivity contribution in [1.82, 2.24) is 24.9 Å². The normalized spacial score (nSPS) is 11.6. The molecule has 0 spiro atoms. The van der Waals surface area contributed by atoms with E-state index in [-0.39, 0.29) is 0 Å². The summed E-state index contributed by atoms with van der Waals surface area (Å²) in [7, 11) is 0. The zero-order valence-electron chi connectivity index (χ0n) is 23.5. The van der Waals surface area contributed by atoms with E-state index in [1.54, 1.807) is 0 Å². The van der Waals surface area contributed by atoms with Crippen LogP contribution in [0.1, 0.15) is 0 Å². The quantitative estimate of drug-likeness (QED) is 0.159. The summed E-state index contributed by atoms with van der Waals surface area (Å²) < 4.78 is 0. The summed E-state index contributed by atoms with van der Waals surface area (Å²) >= 11 is 0. The van der Waals surface area contributed by atoms with Gasteiger partial charge in [0.25, 0.3) is 0 Å². The molecule has 0 aliphatic heterocycles. The number of nitrogens with zero attached hydrogens (tertiary/aromatic N) is 5. The number of aromatic nitrogens is 5. The maximum absolute atomic E-state index is 5.14. The summed E-state index contributed by atoms with van der Waals surface area (Å²) in [6.45, 7) is 0. The molecule has 0 unspecified atom stereocenters. The van der Waals surface area contributed by atoms with E-state index in [1.807, 2.05) is 48.8 Å². The molecule has 9 aromatic rings. The van der Waals surface area contributed by atoms with E-state index in [0.29, 0.717) is 0 Å². The first-order valence-electron chi connectivity index (χ1n) is 14.6. The van der Waals surface area contributed by atoms with Gasteiger partial charge in [-0.3, -0.25) is 9.97 Å². The number of fused-ring (bicyclic) bond motifs is 7. The first kappa shape index (κ1) is 24.5. The predicted octanol–water partition coefficient (Wildman–Crippen LogP) is 9.43. The van der Waals surface area contributed by atoms with Gasteiger partial charge in [-0.25, -0.2) is 15.0 Å². The standard InChI is InChI=1S/C39H23N5/c1-2-7-24(8-3-1)35-29-10-4-5-11-32(29)43-39-30(35)18-14-27-16-21-34(44-38(27)39)33-20-17-28(23-41-33)31-19-15-26-13-12-25-9-6-22-40-36(25)37(26)42-31/h1-23H. The van der Waals surface area contributed by atoms with Crippen molar-refractivity contribution in [3.63, 3.8) is 0 Å². The second kappa shape index (κ2) is 9.75. The molecule has 0 aliphatic rings. The van der Waals surface area contributed by atoms with E-state index in [9.17, 15) is 0 Å². The Morgan fingerprint density at radius 1 is 0.364 bits per heavy atom. The molecule has 44 heavy (non-hydrogen) atoms. The molecule has 0 atom stereocenters. The lowest BCUT2D eigenvalue weighted by Crippen LogP contribution is -1.94. The third kappa shape index (κ3) is 3.91. The number of para-hydroxylation sites is 1. The van der Waals surface area contributed by atoms with Crippen LogP contribution >= 0.6 is 0 Å². The fourth-order valence-corrected chi connectivity index (χ4v) is 6.18. The second-order valence-corrected chi connectivity index (χ2v) is 10.9. The monoisotopic (exact) mass is 561 g/mol. The van der Waals surface area contributed by atoms with E-state index in [4.69, 9.17) is 19.9 Å². The molecular weight excluding hydrogens is 538 g/mol. The molecule has 0 amide bonds. The van der Waals surface area contributed by atoms with Crippen molar-refractivity contribution in [2.24, 2.45) is 0 Å². The van der Waals surface area contributed by atoms with Crippen molar-refractivity contribution in [2.45, 2.75) is 0 Å². The van der Waals surface area contributed by atoms with Crippen molar-refractivity contribution in [2.75, 3.05) is 0 Å². The first-order chi connectivity index (χ1) is 21.8. The van der Waals surface area contributed by atoms with Crippen LogP contribution in [-0.2, 0) is 0 Å². The molecule has 0 saturated heterocycles. The van der Waals surface area contributed by atoms with Gasteiger partial charge < -0.3 is 0 Å². The molecule has 0 radical (unpaired) electrons. The molecule has 5 aromatic heterocycles. The van der Waals surface area contributed by atoms with Crippen LogP contribution in [0.4, 0.5) is 0 Å². The maximum Gasteiger partial charge on any atom is 0.0978 e. The van der Waals surface area contributed by atoms with E-state index in [0.717, 1.165) is 82.7 Å². The van der Waals surface area contributed by atoms with Crippen LogP contribution in [0.5, 0.6) is 0 Å². The lowest BCUT2D eigenvalue weighted by atomic mass is 9.95. The van der Waals surface area contributed by atoms with Crippen LogP contribution in [0.2, 0.25) is 0 Å². The van der Waals surface area contributed by atoms with Gasteiger partial charge >= 0.3 is 0 Å². The van der Waals surface area contributed by atoms with Crippen molar-refractivity contribution in [3.05, 3.63) is 140 Å². The maximum atomic E-state index is 5.14. The average Bonchev–Trinajstić information content (AvgIpc) is 3.10. The van der Waals surface area contributed by atoms with Gasteiger partial charge in [0.15, 0.2) is 0 Å². The van der Waals surface area contributed by atoms with Crippen molar-refractivity contribution in [1.29, 1.82) is 0 Å². The Balaban J connectivity index is 1.17. The number of benzene rings is 4. The SMILES string of the molecule is c1ccc(-c2c3ccccc3nc3c2ccc2ccc(-c4ccc(-c5ccc6ccc7cccnc7c6n5)cn4)nc23)cc1. The van der Waals surface area contributed by atoms with Gasteiger partial charge in [-0.2, -0.15) is 0 Å². The zero-order valence-corrected chi connectivity index (χ0v) is 23.5. The molecule has 9 rings (SSSR count). The molecule has 5 nitrogen and oxygen atoms in total. The molecule has 0 aliphatic carbocycles.